The lowest BCUT2D eigenvalue weighted by Gasteiger charge is -2.17. The van der Waals surface area contributed by atoms with Crippen LogP contribution in [0.25, 0.3) is 0 Å². The van der Waals surface area contributed by atoms with Crippen molar-refractivity contribution in [2.24, 2.45) is 0 Å². The molecule has 2 aromatic carbocycles. The van der Waals surface area contributed by atoms with Gasteiger partial charge in [-0.15, -0.1) is 0 Å². The van der Waals surface area contributed by atoms with Crippen LogP contribution < -0.4 is 10.6 Å². The molecule has 2 N–H and O–H groups in total. The van der Waals surface area contributed by atoms with Gasteiger partial charge in [-0.1, -0.05) is 30.3 Å². The van der Waals surface area contributed by atoms with Crippen LogP contribution in [0.2, 0.25) is 0 Å². The summed E-state index contributed by atoms with van der Waals surface area (Å²) >= 11 is 0. The molecule has 1 aliphatic rings. The third kappa shape index (κ3) is 2.52. The number of benzene rings is 2. The summed E-state index contributed by atoms with van der Waals surface area (Å²) in [5.74, 6) is 0.192. The van der Waals surface area contributed by atoms with Gasteiger partial charge < -0.3 is 10.6 Å². The van der Waals surface area contributed by atoms with Crippen molar-refractivity contribution >= 4 is 17.3 Å². The first-order valence-corrected chi connectivity index (χ1v) is 6.97. The number of nitrogen functional groups attached to an aromatic ring is 1. The van der Waals surface area contributed by atoms with Gasteiger partial charge >= 0.3 is 0 Å². The molecule has 0 saturated carbocycles. The second kappa shape index (κ2) is 5.37. The predicted octanol–water partition coefficient (Wildman–Crippen LogP) is 2.79. The molecule has 3 heteroatoms. The highest BCUT2D eigenvalue weighted by Gasteiger charge is 2.24. The van der Waals surface area contributed by atoms with Gasteiger partial charge in [0.1, 0.15) is 0 Å². The van der Waals surface area contributed by atoms with Crippen LogP contribution in [0.4, 0.5) is 11.4 Å². The van der Waals surface area contributed by atoms with E-state index in [0.717, 1.165) is 30.8 Å². The number of nitrogens with two attached hydrogens (primary N) is 1. The number of aryl methyl sites for hydroxylation is 1. The van der Waals surface area contributed by atoms with Crippen LogP contribution in [0.1, 0.15) is 17.5 Å². The second-order valence-electron chi connectivity index (χ2n) is 5.17. The van der Waals surface area contributed by atoms with Crippen LogP contribution in [-0.2, 0) is 17.6 Å². The maximum Gasteiger partial charge on any atom is 0.227 e. The van der Waals surface area contributed by atoms with E-state index in [1.54, 1.807) is 0 Å². The SMILES string of the molecule is Nc1ccc2c(c1)CCN2C(=O)CCc1ccccc1. The largest absolute Gasteiger partial charge is 0.399 e. The minimum atomic E-state index is 0.192. The molecule has 1 aliphatic heterocycles. The van der Waals surface area contributed by atoms with E-state index >= 15 is 0 Å². The van der Waals surface area contributed by atoms with Crippen LogP contribution in [0, 0.1) is 0 Å². The zero-order valence-electron chi connectivity index (χ0n) is 11.4. The Morgan fingerprint density at radius 1 is 1.15 bits per heavy atom. The van der Waals surface area contributed by atoms with Gasteiger partial charge in [-0.05, 0) is 42.2 Å². The van der Waals surface area contributed by atoms with E-state index in [1.807, 2.05) is 41.3 Å². The van der Waals surface area contributed by atoms with E-state index in [4.69, 9.17) is 5.73 Å². The van der Waals surface area contributed by atoms with Crippen LogP contribution >= 0.6 is 0 Å². The number of rotatable bonds is 3. The van der Waals surface area contributed by atoms with E-state index in [0.29, 0.717) is 6.42 Å². The van der Waals surface area contributed by atoms with Crippen molar-refractivity contribution in [3.63, 3.8) is 0 Å². The van der Waals surface area contributed by atoms with Gasteiger partial charge in [0.15, 0.2) is 0 Å². The predicted molar refractivity (Wildman–Crippen MR) is 81.7 cm³/mol. The normalized spacial score (nSPS) is 13.3. The fourth-order valence-corrected chi connectivity index (χ4v) is 2.71. The molecule has 3 nitrogen and oxygen atoms in total. The van der Waals surface area contributed by atoms with Crippen LogP contribution in [0.3, 0.4) is 0 Å². The molecule has 0 aliphatic carbocycles. The number of nitrogens with zero attached hydrogens (tertiary/aromatic N) is 1. The zero-order valence-corrected chi connectivity index (χ0v) is 11.4. The first-order chi connectivity index (χ1) is 9.74. The zero-order chi connectivity index (χ0) is 13.9. The molecule has 3 rings (SSSR count). The van der Waals surface area contributed by atoms with Crippen LogP contribution in [-0.4, -0.2) is 12.5 Å². The third-order valence-corrected chi connectivity index (χ3v) is 3.77. The average molecular weight is 266 g/mol. The first kappa shape index (κ1) is 12.7. The highest BCUT2D eigenvalue weighted by Crippen LogP contribution is 2.30. The first-order valence-electron chi connectivity index (χ1n) is 6.97. The number of carbonyl (C=O) groups excluding carboxylic acids is 1. The van der Waals surface area contributed by atoms with E-state index in [-0.39, 0.29) is 5.91 Å². The molecule has 20 heavy (non-hydrogen) atoms. The van der Waals surface area contributed by atoms with Gasteiger partial charge in [0.2, 0.25) is 5.91 Å². The Balaban J connectivity index is 1.68. The highest BCUT2D eigenvalue weighted by molar-refractivity contribution is 5.95. The Morgan fingerprint density at radius 3 is 2.75 bits per heavy atom. The standard InChI is InChI=1S/C17H18N2O/c18-15-7-8-16-14(12-15)10-11-19(16)17(20)9-6-13-4-2-1-3-5-13/h1-5,7-8,12H,6,9-11,18H2. The number of amides is 1. The Bertz CT molecular complexity index is 622. The Labute approximate surface area is 119 Å². The Hall–Kier alpha value is -2.29. The smallest absolute Gasteiger partial charge is 0.227 e. The molecule has 0 saturated heterocycles. The summed E-state index contributed by atoms with van der Waals surface area (Å²) < 4.78 is 0. The summed E-state index contributed by atoms with van der Waals surface area (Å²) in [6.07, 6.45) is 2.24. The number of hydrogen-bond acceptors (Lipinski definition) is 2. The van der Waals surface area contributed by atoms with Gasteiger partial charge in [0, 0.05) is 24.3 Å². The van der Waals surface area contributed by atoms with Crippen molar-refractivity contribution < 1.29 is 4.79 Å². The monoisotopic (exact) mass is 266 g/mol. The average Bonchev–Trinajstić information content (AvgIpc) is 2.89. The summed E-state index contributed by atoms with van der Waals surface area (Å²) in [6.45, 7) is 0.770. The summed E-state index contributed by atoms with van der Waals surface area (Å²) in [6, 6.07) is 15.9. The fraction of sp³-hybridized carbons (Fsp3) is 0.235. The van der Waals surface area contributed by atoms with Crippen molar-refractivity contribution in [2.75, 3.05) is 17.2 Å². The van der Waals surface area contributed by atoms with Gasteiger partial charge in [0.25, 0.3) is 0 Å². The molecule has 102 valence electrons. The maximum absolute atomic E-state index is 12.4. The molecule has 0 spiro atoms. The second-order valence-corrected chi connectivity index (χ2v) is 5.17. The Kier molecular flexibility index (Phi) is 3.42. The van der Waals surface area contributed by atoms with Gasteiger partial charge in [0.05, 0.1) is 0 Å². The van der Waals surface area contributed by atoms with Gasteiger partial charge in [-0.25, -0.2) is 0 Å². The molecule has 0 fully saturated rings. The van der Waals surface area contributed by atoms with Crippen LogP contribution in [0.15, 0.2) is 48.5 Å². The van der Waals surface area contributed by atoms with Crippen molar-refractivity contribution in [1.82, 2.24) is 0 Å². The summed E-state index contributed by atoms with van der Waals surface area (Å²) in [5.41, 5.74) is 9.96. The number of carbonyl (C=O) groups is 1. The lowest BCUT2D eigenvalue weighted by Crippen LogP contribution is -2.29. The molecule has 0 aromatic heterocycles. The van der Waals surface area contributed by atoms with E-state index < -0.39 is 0 Å². The maximum atomic E-state index is 12.4. The van der Waals surface area contributed by atoms with E-state index in [2.05, 4.69) is 12.1 Å². The molecule has 1 amide bonds. The number of fused-ring (bicyclic) bond motifs is 1. The van der Waals surface area contributed by atoms with E-state index in [1.165, 1.54) is 11.1 Å². The van der Waals surface area contributed by atoms with Gasteiger partial charge in [-0.3, -0.25) is 4.79 Å². The summed E-state index contributed by atoms with van der Waals surface area (Å²) in [5, 5.41) is 0. The number of anilines is 2. The van der Waals surface area contributed by atoms with Crippen molar-refractivity contribution in [1.29, 1.82) is 0 Å². The topological polar surface area (TPSA) is 46.3 Å². The van der Waals surface area contributed by atoms with Crippen molar-refractivity contribution in [2.45, 2.75) is 19.3 Å². The molecular formula is C17H18N2O. The molecule has 0 bridgehead atoms. The number of hydrogen-bond donors (Lipinski definition) is 1. The molecule has 2 aromatic rings. The summed E-state index contributed by atoms with van der Waals surface area (Å²) in [7, 11) is 0. The minimum Gasteiger partial charge on any atom is -0.399 e. The van der Waals surface area contributed by atoms with Gasteiger partial charge in [-0.2, -0.15) is 0 Å². The lowest BCUT2D eigenvalue weighted by atomic mass is 10.1. The third-order valence-electron chi connectivity index (χ3n) is 3.77. The quantitative estimate of drug-likeness (QED) is 0.868. The highest BCUT2D eigenvalue weighted by atomic mass is 16.2. The molecule has 0 atom stereocenters. The molecular weight excluding hydrogens is 248 g/mol. The van der Waals surface area contributed by atoms with Crippen molar-refractivity contribution in [3.05, 3.63) is 59.7 Å². The molecule has 0 unspecified atom stereocenters. The summed E-state index contributed by atoms with van der Waals surface area (Å²) in [4.78, 5) is 14.2. The van der Waals surface area contributed by atoms with Crippen molar-refractivity contribution in [3.8, 4) is 0 Å². The molecule has 0 radical (unpaired) electrons. The Morgan fingerprint density at radius 2 is 1.95 bits per heavy atom. The molecule has 1 heterocycles. The van der Waals surface area contributed by atoms with Crippen LogP contribution in [0.5, 0.6) is 0 Å². The van der Waals surface area contributed by atoms with E-state index in [9.17, 15) is 4.79 Å². The fourth-order valence-electron chi connectivity index (χ4n) is 2.71. The lowest BCUT2D eigenvalue weighted by molar-refractivity contribution is -0.118. The minimum absolute atomic E-state index is 0.192.